The van der Waals surface area contributed by atoms with Crippen molar-refractivity contribution in [2.24, 2.45) is 0 Å². The molecule has 0 saturated carbocycles. The van der Waals surface area contributed by atoms with Gasteiger partial charge in [0.15, 0.2) is 0 Å². The predicted octanol–water partition coefficient (Wildman–Crippen LogP) is 7.64. The maximum Gasteiger partial charge on any atom is 0.380 e. The molecular weight excluding hydrogens is 478 g/mol. The third kappa shape index (κ3) is 2.88. The molecule has 2 heterocycles. The Hall–Kier alpha value is -3.56. The molecule has 0 N–H and O–H groups in total. The summed E-state index contributed by atoms with van der Waals surface area (Å²) >= 11 is 0. The molecular formula is C25H18F6O4. The van der Waals surface area contributed by atoms with Crippen molar-refractivity contribution >= 4 is 33.1 Å². The monoisotopic (exact) mass is 496 g/mol. The predicted molar refractivity (Wildman–Crippen MR) is 117 cm³/mol. The van der Waals surface area contributed by atoms with Crippen molar-refractivity contribution in [2.45, 2.75) is 31.6 Å². The molecule has 1 aliphatic carbocycles. The first-order valence-corrected chi connectivity index (χ1v) is 10.4. The molecule has 0 saturated heterocycles. The van der Waals surface area contributed by atoms with Crippen LogP contribution in [-0.2, 0) is 0 Å². The van der Waals surface area contributed by atoms with Crippen LogP contribution in [0.2, 0.25) is 0 Å². The summed E-state index contributed by atoms with van der Waals surface area (Å²) in [6.45, 7) is 2.50. The lowest BCUT2D eigenvalue weighted by Crippen LogP contribution is -2.49. The smallest absolute Gasteiger partial charge is 0.380 e. The van der Waals surface area contributed by atoms with Gasteiger partial charge in [0.25, 0.3) is 0 Å². The van der Waals surface area contributed by atoms with E-state index >= 15 is 17.6 Å². The van der Waals surface area contributed by atoms with Gasteiger partial charge in [-0.3, -0.25) is 0 Å². The molecule has 2 aromatic heterocycles. The molecule has 1 aliphatic rings. The highest BCUT2D eigenvalue weighted by Gasteiger charge is 2.80. The number of aryl methyl sites for hydroxylation is 2. The zero-order valence-electron chi connectivity index (χ0n) is 18.9. The van der Waals surface area contributed by atoms with Gasteiger partial charge in [0.1, 0.15) is 34.2 Å². The second kappa shape index (κ2) is 7.22. The fraction of sp³-hybridized carbons (Fsp3) is 0.280. The molecule has 0 unspecified atom stereocenters. The average molecular weight is 496 g/mol. The van der Waals surface area contributed by atoms with E-state index in [-0.39, 0.29) is 33.5 Å². The Kier molecular flexibility index (Phi) is 4.79. The minimum absolute atomic E-state index is 0.0246. The summed E-state index contributed by atoms with van der Waals surface area (Å²) < 4.78 is 112. The topological polar surface area (TPSA) is 44.7 Å². The van der Waals surface area contributed by atoms with Gasteiger partial charge in [-0.05, 0) is 38.1 Å². The zero-order valence-corrected chi connectivity index (χ0v) is 18.9. The van der Waals surface area contributed by atoms with Crippen LogP contribution in [0.5, 0.6) is 11.5 Å². The highest BCUT2D eigenvalue weighted by atomic mass is 19.3. The first-order valence-electron chi connectivity index (χ1n) is 10.4. The number of hydrogen-bond donors (Lipinski definition) is 0. The molecule has 0 fully saturated rings. The van der Waals surface area contributed by atoms with Gasteiger partial charge >= 0.3 is 17.8 Å². The number of alkyl halides is 6. The number of ether oxygens (including phenoxy) is 2. The lowest BCUT2D eigenvalue weighted by atomic mass is 9.91. The van der Waals surface area contributed by atoms with E-state index in [2.05, 4.69) is 0 Å². The van der Waals surface area contributed by atoms with Crippen LogP contribution in [-0.4, -0.2) is 32.0 Å². The Balaban J connectivity index is 1.94. The summed E-state index contributed by atoms with van der Waals surface area (Å²) in [5.74, 6) is -16.0. The van der Waals surface area contributed by atoms with Crippen molar-refractivity contribution in [1.82, 2.24) is 0 Å². The van der Waals surface area contributed by atoms with Crippen LogP contribution in [0, 0.1) is 13.8 Å². The van der Waals surface area contributed by atoms with Crippen molar-refractivity contribution in [3.8, 4) is 11.5 Å². The third-order valence-electron chi connectivity index (χ3n) is 6.31. The van der Waals surface area contributed by atoms with Crippen molar-refractivity contribution in [3.63, 3.8) is 0 Å². The second-order valence-corrected chi connectivity index (χ2v) is 8.26. The largest absolute Gasteiger partial charge is 0.497 e. The van der Waals surface area contributed by atoms with Crippen molar-refractivity contribution < 1.29 is 44.7 Å². The Bertz CT molecular complexity index is 1410. The maximum atomic E-state index is 15.4. The number of benzene rings is 2. The molecule has 10 heteroatoms. The van der Waals surface area contributed by atoms with E-state index in [1.807, 2.05) is 0 Å². The lowest BCUT2D eigenvalue weighted by molar-refractivity contribution is -0.254. The number of hydrogen-bond acceptors (Lipinski definition) is 4. The fourth-order valence-electron chi connectivity index (χ4n) is 4.66. The Labute approximate surface area is 194 Å². The number of methoxy groups -OCH3 is 2. The van der Waals surface area contributed by atoms with Gasteiger partial charge in [-0.15, -0.1) is 0 Å². The van der Waals surface area contributed by atoms with Gasteiger partial charge in [-0.25, -0.2) is 0 Å². The normalized spacial score (nSPS) is 18.6. The van der Waals surface area contributed by atoms with Crippen LogP contribution >= 0.6 is 0 Å². The van der Waals surface area contributed by atoms with E-state index in [9.17, 15) is 8.78 Å². The van der Waals surface area contributed by atoms with E-state index in [1.54, 1.807) is 0 Å². The zero-order chi connectivity index (χ0) is 25.5. The SMILES string of the molecule is COc1ccc2c(C3=C(c4c(C)oc5cc(OC)ccc45)C(F)(F)C(F)(F)C3(F)F)c(C)oc2c1. The summed E-state index contributed by atoms with van der Waals surface area (Å²) in [6.07, 6.45) is 0. The minimum Gasteiger partial charge on any atom is -0.497 e. The van der Waals surface area contributed by atoms with Crippen molar-refractivity contribution in [1.29, 1.82) is 0 Å². The Morgan fingerprint density at radius 2 is 1.00 bits per heavy atom. The molecule has 0 spiro atoms. The molecule has 5 rings (SSSR count). The molecule has 35 heavy (non-hydrogen) atoms. The van der Waals surface area contributed by atoms with E-state index < -0.39 is 40.0 Å². The van der Waals surface area contributed by atoms with E-state index in [1.165, 1.54) is 64.5 Å². The van der Waals surface area contributed by atoms with E-state index in [0.717, 1.165) is 0 Å². The molecule has 0 atom stereocenters. The summed E-state index contributed by atoms with van der Waals surface area (Å²) in [4.78, 5) is 0. The van der Waals surface area contributed by atoms with E-state index in [4.69, 9.17) is 18.3 Å². The first kappa shape index (κ1) is 23.2. The Morgan fingerprint density at radius 1 is 0.629 bits per heavy atom. The number of halogens is 6. The Morgan fingerprint density at radius 3 is 1.34 bits per heavy atom. The van der Waals surface area contributed by atoms with Gasteiger partial charge in [-0.1, -0.05) is 0 Å². The van der Waals surface area contributed by atoms with Crippen molar-refractivity contribution in [3.05, 3.63) is 59.0 Å². The van der Waals surface area contributed by atoms with Crippen molar-refractivity contribution in [2.75, 3.05) is 14.2 Å². The number of furan rings is 2. The first-order chi connectivity index (χ1) is 16.4. The molecule has 4 nitrogen and oxygen atoms in total. The third-order valence-corrected chi connectivity index (χ3v) is 6.31. The van der Waals surface area contributed by atoms with Crippen LogP contribution in [0.1, 0.15) is 22.6 Å². The average Bonchev–Trinajstić information content (AvgIpc) is 3.32. The van der Waals surface area contributed by atoms with Gasteiger partial charge in [-0.2, -0.15) is 26.3 Å². The van der Waals surface area contributed by atoms with Crippen LogP contribution < -0.4 is 9.47 Å². The molecule has 0 bridgehead atoms. The molecule has 4 aromatic rings. The fourth-order valence-corrected chi connectivity index (χ4v) is 4.66. The van der Waals surface area contributed by atoms with Gasteiger partial charge in [0.05, 0.1) is 14.2 Å². The van der Waals surface area contributed by atoms with Crippen LogP contribution in [0.25, 0.3) is 33.1 Å². The second-order valence-electron chi connectivity index (χ2n) is 8.26. The van der Waals surface area contributed by atoms with Gasteiger partial charge in [0, 0.05) is 45.2 Å². The summed E-state index contributed by atoms with van der Waals surface area (Å²) in [7, 11) is 2.74. The number of rotatable bonds is 4. The molecule has 184 valence electrons. The molecule has 2 aromatic carbocycles. The summed E-state index contributed by atoms with van der Waals surface area (Å²) in [5.41, 5.74) is -4.01. The van der Waals surface area contributed by atoms with Gasteiger partial charge < -0.3 is 18.3 Å². The minimum atomic E-state index is -5.71. The molecule has 0 aliphatic heterocycles. The summed E-state index contributed by atoms with van der Waals surface area (Å²) in [6, 6.07) is 8.13. The molecule has 0 radical (unpaired) electrons. The maximum absolute atomic E-state index is 15.4. The van der Waals surface area contributed by atoms with Crippen LogP contribution in [0.15, 0.2) is 45.2 Å². The number of fused-ring (bicyclic) bond motifs is 2. The number of allylic oxidation sites excluding steroid dienone is 2. The van der Waals surface area contributed by atoms with Gasteiger partial charge in [0.2, 0.25) is 0 Å². The standard InChI is InChI=1S/C25H18F6O4/c1-11-19(15-7-5-13(32-3)9-17(15)34-11)21-22(24(28,29)25(30,31)23(21,26)27)20-12(2)35-18-10-14(33-4)6-8-16(18)20/h5-10H,1-4H3. The van der Waals surface area contributed by atoms with E-state index in [0.29, 0.717) is 11.5 Å². The molecule has 0 amide bonds. The van der Waals surface area contributed by atoms with Crippen LogP contribution in [0.4, 0.5) is 26.3 Å². The summed E-state index contributed by atoms with van der Waals surface area (Å²) in [5, 5.41) is -0.0628. The lowest BCUT2D eigenvalue weighted by Gasteiger charge is -2.25. The highest BCUT2D eigenvalue weighted by molar-refractivity contribution is 6.11. The van der Waals surface area contributed by atoms with Crippen LogP contribution in [0.3, 0.4) is 0 Å². The highest BCUT2D eigenvalue weighted by Crippen LogP contribution is 2.66. The quantitative estimate of drug-likeness (QED) is 0.272.